The molecule has 0 atom stereocenters. The Kier molecular flexibility index (Phi) is 5.18. The standard InChI is InChI=1S/C20H13F3N6O3/c21-20(22,23)16-9-13(12-2-1-7-24-10-12)28-29(16)18-6-5-17(26-27-18)25-19(32)11-3-4-14(30)15(31)8-11/h1-10,30-31H,(H,25,26,32). The molecule has 1 amide bonds. The van der Waals surface area contributed by atoms with E-state index in [1.165, 1.54) is 30.6 Å². The monoisotopic (exact) mass is 442 g/mol. The van der Waals surface area contributed by atoms with Gasteiger partial charge in [0.05, 0.1) is 5.69 Å². The summed E-state index contributed by atoms with van der Waals surface area (Å²) in [5.41, 5.74) is -0.580. The van der Waals surface area contributed by atoms with E-state index in [4.69, 9.17) is 0 Å². The van der Waals surface area contributed by atoms with Crippen LogP contribution < -0.4 is 5.32 Å². The Bertz CT molecular complexity index is 1270. The summed E-state index contributed by atoms with van der Waals surface area (Å²) in [5.74, 6) is -1.80. The fourth-order valence-electron chi connectivity index (χ4n) is 2.77. The molecule has 0 spiro atoms. The number of aromatic hydroxyl groups is 2. The van der Waals surface area contributed by atoms with Crippen LogP contribution in [0, 0.1) is 0 Å². The number of aromatic nitrogens is 5. The highest BCUT2D eigenvalue weighted by Gasteiger charge is 2.37. The molecular formula is C20H13F3N6O3. The van der Waals surface area contributed by atoms with Gasteiger partial charge in [-0.05, 0) is 48.5 Å². The van der Waals surface area contributed by atoms with Crippen LogP contribution in [0.5, 0.6) is 11.5 Å². The summed E-state index contributed by atoms with van der Waals surface area (Å²) in [6.45, 7) is 0. The van der Waals surface area contributed by atoms with Gasteiger partial charge in [0.1, 0.15) is 0 Å². The van der Waals surface area contributed by atoms with Gasteiger partial charge in [0.25, 0.3) is 5.91 Å². The molecule has 0 radical (unpaired) electrons. The van der Waals surface area contributed by atoms with Crippen molar-refractivity contribution >= 4 is 11.7 Å². The summed E-state index contributed by atoms with van der Waals surface area (Å²) in [7, 11) is 0. The molecular weight excluding hydrogens is 429 g/mol. The van der Waals surface area contributed by atoms with E-state index < -0.39 is 29.3 Å². The van der Waals surface area contributed by atoms with E-state index in [0.29, 0.717) is 10.2 Å². The van der Waals surface area contributed by atoms with Crippen LogP contribution in [0.4, 0.5) is 19.0 Å². The Morgan fingerprint density at radius 1 is 1.00 bits per heavy atom. The lowest BCUT2D eigenvalue weighted by Crippen LogP contribution is -2.16. The van der Waals surface area contributed by atoms with Crippen LogP contribution in [0.25, 0.3) is 17.1 Å². The van der Waals surface area contributed by atoms with Gasteiger partial charge in [0.2, 0.25) is 0 Å². The Labute approximate surface area is 177 Å². The highest BCUT2D eigenvalue weighted by molar-refractivity contribution is 6.04. The van der Waals surface area contributed by atoms with Gasteiger partial charge in [0, 0.05) is 23.5 Å². The van der Waals surface area contributed by atoms with Crippen molar-refractivity contribution in [3.8, 4) is 28.6 Å². The predicted octanol–water partition coefficient (Wildman–Crippen LogP) is 3.41. The third-order valence-corrected chi connectivity index (χ3v) is 4.30. The average Bonchev–Trinajstić information content (AvgIpc) is 3.23. The summed E-state index contributed by atoms with van der Waals surface area (Å²) < 4.78 is 41.2. The lowest BCUT2D eigenvalue weighted by molar-refractivity contribution is -0.142. The minimum absolute atomic E-state index is 0.0266. The number of nitrogens with zero attached hydrogens (tertiary/aromatic N) is 5. The molecule has 0 aliphatic heterocycles. The quantitative estimate of drug-likeness (QED) is 0.414. The number of rotatable bonds is 4. The van der Waals surface area contributed by atoms with Crippen molar-refractivity contribution < 1.29 is 28.2 Å². The number of benzene rings is 1. The van der Waals surface area contributed by atoms with Crippen molar-refractivity contribution in [2.24, 2.45) is 0 Å². The SMILES string of the molecule is O=C(Nc1ccc(-n2nc(-c3cccnc3)cc2C(F)(F)F)nn1)c1ccc(O)c(O)c1. The predicted molar refractivity (Wildman–Crippen MR) is 105 cm³/mol. The number of hydrogen-bond acceptors (Lipinski definition) is 7. The van der Waals surface area contributed by atoms with Gasteiger partial charge >= 0.3 is 6.18 Å². The molecule has 0 bridgehead atoms. The van der Waals surface area contributed by atoms with Gasteiger partial charge in [-0.1, -0.05) is 0 Å². The Morgan fingerprint density at radius 3 is 2.44 bits per heavy atom. The summed E-state index contributed by atoms with van der Waals surface area (Å²) in [5, 5.41) is 32.7. The number of halogens is 3. The topological polar surface area (TPSA) is 126 Å². The molecule has 0 saturated heterocycles. The molecule has 4 rings (SSSR count). The average molecular weight is 442 g/mol. The third-order valence-electron chi connectivity index (χ3n) is 4.30. The zero-order valence-corrected chi connectivity index (χ0v) is 15.9. The van der Waals surface area contributed by atoms with E-state index in [-0.39, 0.29) is 22.9 Å². The summed E-state index contributed by atoms with van der Waals surface area (Å²) in [6.07, 6.45) is -1.83. The number of phenols is 2. The van der Waals surface area contributed by atoms with Crippen LogP contribution in [0.2, 0.25) is 0 Å². The van der Waals surface area contributed by atoms with Gasteiger partial charge in [-0.3, -0.25) is 9.78 Å². The molecule has 12 heteroatoms. The van der Waals surface area contributed by atoms with Gasteiger partial charge in [-0.15, -0.1) is 10.2 Å². The summed E-state index contributed by atoms with van der Waals surface area (Å²) >= 11 is 0. The van der Waals surface area contributed by atoms with Gasteiger partial charge < -0.3 is 15.5 Å². The maximum absolute atomic E-state index is 13.5. The number of phenolic OH excluding ortho intramolecular Hbond substituents is 2. The maximum atomic E-state index is 13.5. The second-order valence-electron chi connectivity index (χ2n) is 6.50. The first-order valence-electron chi connectivity index (χ1n) is 8.97. The summed E-state index contributed by atoms with van der Waals surface area (Å²) in [4.78, 5) is 16.1. The highest BCUT2D eigenvalue weighted by atomic mass is 19.4. The van der Waals surface area contributed by atoms with Crippen molar-refractivity contribution in [3.05, 3.63) is 72.2 Å². The molecule has 162 valence electrons. The van der Waals surface area contributed by atoms with Gasteiger partial charge in [-0.25, -0.2) is 4.68 Å². The van der Waals surface area contributed by atoms with E-state index in [9.17, 15) is 28.2 Å². The van der Waals surface area contributed by atoms with Crippen LogP contribution in [0.15, 0.2) is 60.9 Å². The second-order valence-corrected chi connectivity index (χ2v) is 6.50. The molecule has 1 aromatic carbocycles. The Morgan fingerprint density at radius 2 is 1.81 bits per heavy atom. The Balaban J connectivity index is 1.61. The zero-order chi connectivity index (χ0) is 22.9. The maximum Gasteiger partial charge on any atom is 0.433 e. The molecule has 3 N–H and O–H groups in total. The zero-order valence-electron chi connectivity index (χ0n) is 15.9. The molecule has 0 fully saturated rings. The minimum Gasteiger partial charge on any atom is -0.504 e. The number of hydrogen-bond donors (Lipinski definition) is 3. The number of carbonyl (C=O) groups excluding carboxylic acids is 1. The molecule has 32 heavy (non-hydrogen) atoms. The van der Waals surface area contributed by atoms with Crippen LogP contribution in [-0.2, 0) is 6.18 Å². The molecule has 0 saturated carbocycles. The molecule has 0 aliphatic carbocycles. The van der Waals surface area contributed by atoms with E-state index in [2.05, 4.69) is 25.6 Å². The van der Waals surface area contributed by atoms with Crippen molar-refractivity contribution in [2.75, 3.05) is 5.32 Å². The van der Waals surface area contributed by atoms with Crippen LogP contribution in [-0.4, -0.2) is 41.1 Å². The molecule has 0 unspecified atom stereocenters. The van der Waals surface area contributed by atoms with Crippen molar-refractivity contribution in [2.45, 2.75) is 6.18 Å². The van der Waals surface area contributed by atoms with E-state index in [1.54, 1.807) is 12.1 Å². The number of alkyl halides is 3. The number of nitrogens with one attached hydrogen (secondary N) is 1. The first-order valence-corrected chi connectivity index (χ1v) is 8.97. The van der Waals surface area contributed by atoms with Crippen molar-refractivity contribution in [1.82, 2.24) is 25.0 Å². The molecule has 4 aromatic rings. The van der Waals surface area contributed by atoms with Crippen LogP contribution >= 0.6 is 0 Å². The van der Waals surface area contributed by atoms with Gasteiger partial charge in [0.15, 0.2) is 28.8 Å². The second kappa shape index (κ2) is 7.98. The van der Waals surface area contributed by atoms with E-state index in [1.807, 2.05) is 0 Å². The third kappa shape index (κ3) is 4.19. The van der Waals surface area contributed by atoms with E-state index >= 15 is 0 Å². The Hall–Kier alpha value is -4.48. The lowest BCUT2D eigenvalue weighted by Gasteiger charge is -2.09. The fraction of sp³-hybridized carbons (Fsp3) is 0.0500. The van der Waals surface area contributed by atoms with Crippen molar-refractivity contribution in [1.29, 1.82) is 0 Å². The first-order chi connectivity index (χ1) is 15.2. The summed E-state index contributed by atoms with van der Waals surface area (Å²) in [6, 6.07) is 9.95. The normalized spacial score (nSPS) is 11.3. The molecule has 9 nitrogen and oxygen atoms in total. The number of pyridine rings is 1. The number of carbonyl (C=O) groups is 1. The minimum atomic E-state index is -4.71. The first kappa shape index (κ1) is 20.8. The largest absolute Gasteiger partial charge is 0.504 e. The molecule has 0 aliphatic rings. The smallest absolute Gasteiger partial charge is 0.433 e. The molecule has 3 heterocycles. The molecule has 3 aromatic heterocycles. The van der Waals surface area contributed by atoms with Gasteiger partial charge in [-0.2, -0.15) is 18.3 Å². The van der Waals surface area contributed by atoms with E-state index in [0.717, 1.165) is 18.2 Å². The highest BCUT2D eigenvalue weighted by Crippen LogP contribution is 2.33. The van der Waals surface area contributed by atoms with Crippen molar-refractivity contribution in [3.63, 3.8) is 0 Å². The number of amides is 1. The lowest BCUT2D eigenvalue weighted by atomic mass is 10.2. The number of anilines is 1. The fourth-order valence-corrected chi connectivity index (χ4v) is 2.77. The van der Waals surface area contributed by atoms with Crippen LogP contribution in [0.3, 0.4) is 0 Å². The van der Waals surface area contributed by atoms with Crippen LogP contribution in [0.1, 0.15) is 16.1 Å².